The third-order valence-electron chi connectivity index (χ3n) is 3.99. The highest BCUT2D eigenvalue weighted by Crippen LogP contribution is 2.10. The van der Waals surface area contributed by atoms with Crippen LogP contribution in [0.15, 0.2) is 29.3 Å². The second kappa shape index (κ2) is 10.2. The summed E-state index contributed by atoms with van der Waals surface area (Å²) in [4.78, 5) is 18.1. The molecule has 1 aliphatic heterocycles. The summed E-state index contributed by atoms with van der Waals surface area (Å²) >= 11 is 5.90. The van der Waals surface area contributed by atoms with Gasteiger partial charge in [0.05, 0.1) is 0 Å². The average molecular weight is 351 g/mol. The predicted octanol–water partition coefficient (Wildman–Crippen LogP) is 2.45. The lowest BCUT2D eigenvalue weighted by Crippen LogP contribution is -2.38. The van der Waals surface area contributed by atoms with Crippen LogP contribution in [0.3, 0.4) is 0 Å². The number of halogens is 1. The van der Waals surface area contributed by atoms with E-state index in [4.69, 9.17) is 11.6 Å². The Hall–Kier alpha value is -1.75. The van der Waals surface area contributed by atoms with Crippen LogP contribution in [-0.2, 0) is 11.2 Å². The number of rotatable bonds is 8. The number of carbonyl (C=O) groups excluding carboxylic acids is 1. The van der Waals surface area contributed by atoms with Crippen molar-refractivity contribution >= 4 is 23.5 Å². The van der Waals surface area contributed by atoms with Crippen LogP contribution >= 0.6 is 11.6 Å². The fourth-order valence-electron chi connectivity index (χ4n) is 2.71. The van der Waals surface area contributed by atoms with E-state index in [1.807, 2.05) is 29.2 Å². The number of amides is 1. The number of carbonyl (C=O) groups is 1. The molecule has 2 N–H and O–H groups in total. The molecule has 132 valence electrons. The molecule has 0 spiro atoms. The molecular weight excluding hydrogens is 324 g/mol. The van der Waals surface area contributed by atoms with E-state index in [1.165, 1.54) is 5.56 Å². The maximum Gasteiger partial charge on any atom is 0.222 e. The quantitative estimate of drug-likeness (QED) is 0.430. The number of likely N-dealkylation sites (tertiary alicyclic amines) is 1. The molecule has 1 saturated heterocycles. The second-order valence-electron chi connectivity index (χ2n) is 5.90. The van der Waals surface area contributed by atoms with Crippen LogP contribution in [0.1, 0.15) is 31.7 Å². The van der Waals surface area contributed by atoms with Crippen molar-refractivity contribution in [2.24, 2.45) is 4.99 Å². The first kappa shape index (κ1) is 18.6. The Morgan fingerprint density at radius 1 is 1.29 bits per heavy atom. The molecule has 1 heterocycles. The van der Waals surface area contributed by atoms with Crippen molar-refractivity contribution in [1.82, 2.24) is 15.5 Å². The Kier molecular flexibility index (Phi) is 7.89. The summed E-state index contributed by atoms with van der Waals surface area (Å²) in [7, 11) is 0. The van der Waals surface area contributed by atoms with Crippen molar-refractivity contribution < 1.29 is 4.79 Å². The molecule has 1 aromatic rings. The molecule has 1 amide bonds. The minimum absolute atomic E-state index is 0.284. The van der Waals surface area contributed by atoms with Gasteiger partial charge in [0, 0.05) is 44.2 Å². The molecular formula is C18H27ClN4O. The predicted molar refractivity (Wildman–Crippen MR) is 99.6 cm³/mol. The van der Waals surface area contributed by atoms with Gasteiger partial charge < -0.3 is 15.5 Å². The van der Waals surface area contributed by atoms with Crippen molar-refractivity contribution in [3.8, 4) is 0 Å². The highest BCUT2D eigenvalue weighted by Gasteiger charge is 2.18. The molecule has 0 radical (unpaired) electrons. The van der Waals surface area contributed by atoms with Gasteiger partial charge >= 0.3 is 0 Å². The maximum atomic E-state index is 11.6. The first-order chi connectivity index (χ1) is 11.7. The molecule has 6 heteroatoms. The lowest BCUT2D eigenvalue weighted by atomic mass is 10.1. The highest BCUT2D eigenvalue weighted by molar-refractivity contribution is 6.30. The minimum atomic E-state index is 0.284. The fraction of sp³-hybridized carbons (Fsp3) is 0.556. The van der Waals surface area contributed by atoms with Crippen LogP contribution in [0.25, 0.3) is 0 Å². The molecule has 1 aromatic carbocycles. The Morgan fingerprint density at radius 3 is 2.75 bits per heavy atom. The van der Waals surface area contributed by atoms with Crippen molar-refractivity contribution in [1.29, 1.82) is 0 Å². The van der Waals surface area contributed by atoms with Gasteiger partial charge in [0.25, 0.3) is 0 Å². The minimum Gasteiger partial charge on any atom is -0.357 e. The lowest BCUT2D eigenvalue weighted by molar-refractivity contribution is -0.127. The molecule has 1 fully saturated rings. The number of guanidine groups is 1. The van der Waals surface area contributed by atoms with Gasteiger partial charge in [-0.1, -0.05) is 23.7 Å². The number of hydrogen-bond acceptors (Lipinski definition) is 2. The summed E-state index contributed by atoms with van der Waals surface area (Å²) in [5.41, 5.74) is 1.25. The Bertz CT molecular complexity index is 544. The Morgan fingerprint density at radius 2 is 2.08 bits per heavy atom. The van der Waals surface area contributed by atoms with Gasteiger partial charge in [-0.15, -0.1) is 0 Å². The van der Waals surface area contributed by atoms with Crippen LogP contribution in [0, 0.1) is 0 Å². The molecule has 0 aromatic heterocycles. The zero-order valence-electron chi connectivity index (χ0n) is 14.4. The Labute approximate surface area is 149 Å². The van der Waals surface area contributed by atoms with Crippen LogP contribution < -0.4 is 10.6 Å². The van der Waals surface area contributed by atoms with E-state index >= 15 is 0 Å². The topological polar surface area (TPSA) is 56.7 Å². The lowest BCUT2D eigenvalue weighted by Gasteiger charge is -2.15. The number of hydrogen-bond donors (Lipinski definition) is 2. The zero-order chi connectivity index (χ0) is 17.2. The highest BCUT2D eigenvalue weighted by atomic mass is 35.5. The van der Waals surface area contributed by atoms with E-state index in [2.05, 4.69) is 22.5 Å². The van der Waals surface area contributed by atoms with Gasteiger partial charge in [-0.2, -0.15) is 0 Å². The van der Waals surface area contributed by atoms with Crippen molar-refractivity contribution in [2.45, 2.75) is 32.6 Å². The number of benzene rings is 1. The van der Waals surface area contributed by atoms with E-state index < -0.39 is 0 Å². The van der Waals surface area contributed by atoms with Crippen LogP contribution in [-0.4, -0.2) is 49.5 Å². The monoisotopic (exact) mass is 350 g/mol. The van der Waals surface area contributed by atoms with E-state index in [-0.39, 0.29) is 5.91 Å². The Balaban J connectivity index is 1.69. The smallest absolute Gasteiger partial charge is 0.222 e. The molecule has 2 rings (SSSR count). The van der Waals surface area contributed by atoms with Gasteiger partial charge in [0.2, 0.25) is 5.91 Å². The molecule has 24 heavy (non-hydrogen) atoms. The number of nitrogens with zero attached hydrogens (tertiary/aromatic N) is 2. The van der Waals surface area contributed by atoms with Gasteiger partial charge in [-0.25, -0.2) is 0 Å². The molecule has 0 aliphatic carbocycles. The molecule has 0 saturated carbocycles. The summed E-state index contributed by atoms with van der Waals surface area (Å²) in [6, 6.07) is 7.91. The largest absolute Gasteiger partial charge is 0.357 e. The van der Waals surface area contributed by atoms with Crippen LogP contribution in [0.5, 0.6) is 0 Å². The van der Waals surface area contributed by atoms with E-state index in [9.17, 15) is 4.79 Å². The fourth-order valence-corrected chi connectivity index (χ4v) is 2.84. The molecule has 5 nitrogen and oxygen atoms in total. The van der Waals surface area contributed by atoms with Gasteiger partial charge in [-0.05, 0) is 43.9 Å². The molecule has 0 atom stereocenters. The van der Waals surface area contributed by atoms with Gasteiger partial charge in [0.1, 0.15) is 0 Å². The standard InChI is InChI=1S/C18H27ClN4O/c1-2-20-18(21-11-4-14-23-13-3-5-17(23)24)22-12-10-15-6-8-16(19)9-7-15/h6-9H,2-5,10-14H2,1H3,(H2,20,21,22). The zero-order valence-corrected chi connectivity index (χ0v) is 15.1. The third kappa shape index (κ3) is 6.40. The average Bonchev–Trinajstić information content (AvgIpc) is 2.98. The SMILES string of the molecule is CCNC(=NCCCN1CCCC1=O)NCCc1ccc(Cl)cc1. The van der Waals surface area contributed by atoms with Crippen molar-refractivity contribution in [2.75, 3.05) is 32.7 Å². The summed E-state index contributed by atoms with van der Waals surface area (Å²) in [6.07, 6.45) is 3.53. The van der Waals surface area contributed by atoms with Crippen molar-refractivity contribution in [3.05, 3.63) is 34.9 Å². The normalized spacial score (nSPS) is 15.0. The number of nitrogens with one attached hydrogen (secondary N) is 2. The van der Waals surface area contributed by atoms with Gasteiger partial charge in [-0.3, -0.25) is 9.79 Å². The van der Waals surface area contributed by atoms with Gasteiger partial charge in [0.15, 0.2) is 5.96 Å². The third-order valence-corrected chi connectivity index (χ3v) is 4.24. The van der Waals surface area contributed by atoms with E-state index in [0.29, 0.717) is 6.42 Å². The summed E-state index contributed by atoms with van der Waals surface area (Å²) < 4.78 is 0. The first-order valence-electron chi connectivity index (χ1n) is 8.73. The summed E-state index contributed by atoms with van der Waals surface area (Å²) in [5.74, 6) is 1.12. The first-order valence-corrected chi connectivity index (χ1v) is 9.11. The van der Waals surface area contributed by atoms with E-state index in [0.717, 1.165) is 63.0 Å². The van der Waals surface area contributed by atoms with Crippen LogP contribution in [0.4, 0.5) is 0 Å². The van der Waals surface area contributed by atoms with Crippen molar-refractivity contribution in [3.63, 3.8) is 0 Å². The summed E-state index contributed by atoms with van der Waals surface area (Å²) in [5, 5.41) is 7.36. The summed E-state index contributed by atoms with van der Waals surface area (Å²) in [6.45, 7) is 6.14. The molecule has 0 unspecified atom stereocenters. The molecule has 0 bridgehead atoms. The molecule has 1 aliphatic rings. The number of aliphatic imine (C=N–C) groups is 1. The van der Waals surface area contributed by atoms with E-state index in [1.54, 1.807) is 0 Å². The second-order valence-corrected chi connectivity index (χ2v) is 6.34. The maximum absolute atomic E-state index is 11.6. The van der Waals surface area contributed by atoms with Crippen LogP contribution in [0.2, 0.25) is 5.02 Å².